The summed E-state index contributed by atoms with van der Waals surface area (Å²) in [4.78, 5) is 20.3. The normalized spacial score (nSPS) is 15.6. The lowest BCUT2D eigenvalue weighted by atomic mass is 10.1. The van der Waals surface area contributed by atoms with E-state index in [1.807, 2.05) is 4.90 Å². The number of carbonyl (C=O) groups excluding carboxylic acids is 1. The number of anilines is 2. The van der Waals surface area contributed by atoms with Crippen molar-refractivity contribution in [3.63, 3.8) is 0 Å². The van der Waals surface area contributed by atoms with Gasteiger partial charge in [0.15, 0.2) is 0 Å². The molecule has 0 atom stereocenters. The van der Waals surface area contributed by atoms with Crippen LogP contribution in [0.25, 0.3) is 0 Å². The van der Waals surface area contributed by atoms with Gasteiger partial charge >= 0.3 is 6.18 Å². The Morgan fingerprint density at radius 2 is 1.87 bits per heavy atom. The molecule has 0 saturated carbocycles. The maximum absolute atomic E-state index is 12.9. The molecule has 0 bridgehead atoms. The lowest BCUT2D eigenvalue weighted by Gasteiger charge is -2.23. The summed E-state index contributed by atoms with van der Waals surface area (Å²) in [7, 11) is -3.46. The van der Waals surface area contributed by atoms with E-state index in [9.17, 15) is 26.4 Å². The third-order valence-electron chi connectivity index (χ3n) is 4.60. The molecule has 1 aromatic carbocycles. The largest absolute Gasteiger partial charge is 0.417 e. The fraction of sp³-hybridized carbons (Fsp3) is 0.368. The zero-order chi connectivity index (χ0) is 21.9. The monoisotopic (exact) mass is 442 g/mol. The Labute approximate surface area is 172 Å². The molecule has 162 valence electrons. The number of aromatic nitrogens is 1. The SMILES string of the molecule is CS(=O)(=O)Nc1cccc(C(=O)N2CCCN(c3ccc(C(F)(F)F)cn3)CC2)c1. The quantitative estimate of drug-likeness (QED) is 0.788. The van der Waals surface area contributed by atoms with E-state index in [4.69, 9.17) is 0 Å². The topological polar surface area (TPSA) is 82.6 Å². The van der Waals surface area contributed by atoms with Crippen LogP contribution in [-0.2, 0) is 16.2 Å². The molecule has 1 N–H and O–H groups in total. The second-order valence-electron chi connectivity index (χ2n) is 6.99. The zero-order valence-electron chi connectivity index (χ0n) is 16.2. The number of nitrogens with zero attached hydrogens (tertiary/aromatic N) is 3. The summed E-state index contributed by atoms with van der Waals surface area (Å²) in [6, 6.07) is 8.56. The standard InChI is InChI=1S/C19H21F3N4O3S/c1-30(28,29)24-16-5-2-4-14(12-16)18(27)26-9-3-8-25(10-11-26)17-7-6-15(13-23-17)19(20,21)22/h2,4-7,12-13,24H,3,8-11H2,1H3. The third kappa shape index (κ3) is 5.62. The van der Waals surface area contributed by atoms with E-state index in [1.165, 1.54) is 12.1 Å². The molecule has 0 aliphatic carbocycles. The number of nitrogens with one attached hydrogen (secondary N) is 1. The van der Waals surface area contributed by atoms with Crippen LogP contribution in [0.15, 0.2) is 42.6 Å². The van der Waals surface area contributed by atoms with Crippen LogP contribution < -0.4 is 9.62 Å². The van der Waals surface area contributed by atoms with Gasteiger partial charge in [0.2, 0.25) is 10.0 Å². The average Bonchev–Trinajstić information content (AvgIpc) is 2.92. The van der Waals surface area contributed by atoms with Gasteiger partial charge in [-0.3, -0.25) is 9.52 Å². The Morgan fingerprint density at radius 3 is 2.50 bits per heavy atom. The molecule has 1 saturated heterocycles. The van der Waals surface area contributed by atoms with Gasteiger partial charge in [-0.15, -0.1) is 0 Å². The van der Waals surface area contributed by atoms with Crippen LogP contribution in [0, 0.1) is 0 Å². The number of rotatable bonds is 4. The molecule has 0 radical (unpaired) electrons. The lowest BCUT2D eigenvalue weighted by Crippen LogP contribution is -2.35. The van der Waals surface area contributed by atoms with Crippen molar-refractivity contribution in [1.29, 1.82) is 0 Å². The van der Waals surface area contributed by atoms with Crippen LogP contribution in [0.5, 0.6) is 0 Å². The molecule has 1 aromatic heterocycles. The summed E-state index contributed by atoms with van der Waals surface area (Å²) in [5.41, 5.74) is -0.154. The molecule has 1 aliphatic heterocycles. The lowest BCUT2D eigenvalue weighted by molar-refractivity contribution is -0.137. The van der Waals surface area contributed by atoms with Crippen molar-refractivity contribution in [3.8, 4) is 0 Å². The van der Waals surface area contributed by atoms with Gasteiger partial charge < -0.3 is 9.80 Å². The second-order valence-corrected chi connectivity index (χ2v) is 8.74. The second kappa shape index (κ2) is 8.50. The molecule has 7 nitrogen and oxygen atoms in total. The number of hydrogen-bond donors (Lipinski definition) is 1. The molecular formula is C19H21F3N4O3S. The number of halogens is 3. The highest BCUT2D eigenvalue weighted by Crippen LogP contribution is 2.29. The van der Waals surface area contributed by atoms with Crippen LogP contribution in [0.4, 0.5) is 24.7 Å². The van der Waals surface area contributed by atoms with Crippen molar-refractivity contribution in [2.75, 3.05) is 42.1 Å². The molecule has 2 heterocycles. The predicted octanol–water partition coefficient (Wildman–Crippen LogP) is 2.82. The molecule has 0 unspecified atom stereocenters. The Hall–Kier alpha value is -2.82. The van der Waals surface area contributed by atoms with Gasteiger partial charge in [0.25, 0.3) is 5.91 Å². The molecule has 1 aliphatic rings. The smallest absolute Gasteiger partial charge is 0.355 e. The maximum atomic E-state index is 12.9. The van der Waals surface area contributed by atoms with E-state index in [0.717, 1.165) is 18.5 Å². The van der Waals surface area contributed by atoms with Crippen LogP contribution >= 0.6 is 0 Å². The van der Waals surface area contributed by atoms with Crippen molar-refractivity contribution in [1.82, 2.24) is 9.88 Å². The Bertz CT molecular complexity index is 1010. The minimum atomic E-state index is -4.44. The van der Waals surface area contributed by atoms with Crippen molar-refractivity contribution in [2.24, 2.45) is 0 Å². The van der Waals surface area contributed by atoms with Crippen molar-refractivity contribution < 1.29 is 26.4 Å². The highest BCUT2D eigenvalue weighted by atomic mass is 32.2. The Kier molecular flexibility index (Phi) is 6.20. The maximum Gasteiger partial charge on any atom is 0.417 e. The summed E-state index contributed by atoms with van der Waals surface area (Å²) in [6.07, 6.45) is -1.98. The number of carbonyl (C=O) groups is 1. The number of amides is 1. The van der Waals surface area contributed by atoms with Gasteiger partial charge in [0.1, 0.15) is 5.82 Å². The highest BCUT2D eigenvalue weighted by molar-refractivity contribution is 7.92. The van der Waals surface area contributed by atoms with Gasteiger partial charge in [-0.1, -0.05) is 6.07 Å². The Morgan fingerprint density at radius 1 is 1.10 bits per heavy atom. The summed E-state index contributed by atoms with van der Waals surface area (Å²) in [5.74, 6) is 0.186. The molecule has 0 spiro atoms. The molecule has 2 aromatic rings. The minimum Gasteiger partial charge on any atom is -0.355 e. The van der Waals surface area contributed by atoms with Crippen molar-refractivity contribution in [3.05, 3.63) is 53.7 Å². The molecule has 3 rings (SSSR count). The van der Waals surface area contributed by atoms with Crippen molar-refractivity contribution in [2.45, 2.75) is 12.6 Å². The van der Waals surface area contributed by atoms with E-state index in [0.29, 0.717) is 49.7 Å². The predicted molar refractivity (Wildman–Crippen MR) is 107 cm³/mol. The fourth-order valence-corrected chi connectivity index (χ4v) is 3.76. The van der Waals surface area contributed by atoms with Crippen LogP contribution in [0.2, 0.25) is 0 Å². The number of hydrogen-bond acceptors (Lipinski definition) is 5. The number of sulfonamides is 1. The summed E-state index contributed by atoms with van der Waals surface area (Å²) < 4.78 is 63.3. The first kappa shape index (κ1) is 21.9. The van der Waals surface area contributed by atoms with Gasteiger partial charge in [-0.2, -0.15) is 13.2 Å². The van der Waals surface area contributed by atoms with E-state index in [2.05, 4.69) is 9.71 Å². The summed E-state index contributed by atoms with van der Waals surface area (Å²) in [5, 5.41) is 0. The summed E-state index contributed by atoms with van der Waals surface area (Å²) in [6.45, 7) is 1.81. The Balaban J connectivity index is 1.68. The van der Waals surface area contributed by atoms with E-state index in [-0.39, 0.29) is 5.91 Å². The number of alkyl halides is 3. The van der Waals surface area contributed by atoms with E-state index < -0.39 is 21.8 Å². The third-order valence-corrected chi connectivity index (χ3v) is 5.20. The van der Waals surface area contributed by atoms with Gasteiger partial charge in [-0.25, -0.2) is 13.4 Å². The van der Waals surface area contributed by atoms with E-state index >= 15 is 0 Å². The molecule has 1 amide bonds. The highest BCUT2D eigenvalue weighted by Gasteiger charge is 2.31. The zero-order valence-corrected chi connectivity index (χ0v) is 17.0. The van der Waals surface area contributed by atoms with Crippen LogP contribution in [0.1, 0.15) is 22.3 Å². The molecule has 30 heavy (non-hydrogen) atoms. The first-order valence-electron chi connectivity index (χ1n) is 9.18. The van der Waals surface area contributed by atoms with Crippen LogP contribution in [0.3, 0.4) is 0 Å². The van der Waals surface area contributed by atoms with Crippen LogP contribution in [-0.4, -0.2) is 56.6 Å². The first-order valence-corrected chi connectivity index (χ1v) is 11.1. The molecule has 1 fully saturated rings. The average molecular weight is 442 g/mol. The minimum absolute atomic E-state index is 0.241. The molecular weight excluding hydrogens is 421 g/mol. The summed E-state index contributed by atoms with van der Waals surface area (Å²) >= 11 is 0. The van der Waals surface area contributed by atoms with Gasteiger partial charge in [0, 0.05) is 43.6 Å². The van der Waals surface area contributed by atoms with Gasteiger partial charge in [-0.05, 0) is 36.8 Å². The fourth-order valence-electron chi connectivity index (χ4n) is 3.20. The van der Waals surface area contributed by atoms with Gasteiger partial charge in [0.05, 0.1) is 11.8 Å². The number of pyridine rings is 1. The first-order chi connectivity index (χ1) is 14.0. The van der Waals surface area contributed by atoms with Crippen molar-refractivity contribution >= 4 is 27.4 Å². The molecule has 11 heteroatoms. The number of benzene rings is 1. The van der Waals surface area contributed by atoms with E-state index in [1.54, 1.807) is 23.1 Å².